The van der Waals surface area contributed by atoms with E-state index >= 15 is 0 Å². The number of aryl methyl sites for hydroxylation is 1. The Morgan fingerprint density at radius 1 is 1.50 bits per heavy atom. The lowest BCUT2D eigenvalue weighted by atomic mass is 9.80. The lowest BCUT2D eigenvalue weighted by Gasteiger charge is -2.36. The van der Waals surface area contributed by atoms with Gasteiger partial charge in [0.1, 0.15) is 0 Å². The zero-order valence-electron chi connectivity index (χ0n) is 11.6. The van der Waals surface area contributed by atoms with Crippen molar-refractivity contribution in [3.05, 3.63) is 17.0 Å². The average molecular weight is 287 g/mol. The van der Waals surface area contributed by atoms with Crippen LogP contribution < -0.4 is 5.32 Å². The van der Waals surface area contributed by atoms with Gasteiger partial charge in [-0.05, 0) is 33.1 Å². The predicted molar refractivity (Wildman–Crippen MR) is 68.5 cm³/mol. The highest BCUT2D eigenvalue weighted by Crippen LogP contribution is 2.30. The maximum atomic E-state index is 12.7. The quantitative estimate of drug-likeness (QED) is 0.861. The molecule has 0 aliphatic heterocycles. The van der Waals surface area contributed by atoms with Crippen molar-refractivity contribution in [3.8, 4) is 0 Å². The minimum Gasteiger partial charge on any atom is -0.388 e. The molecule has 2 rings (SSSR count). The van der Waals surface area contributed by atoms with Gasteiger partial charge in [0, 0.05) is 17.8 Å². The third-order valence-electron chi connectivity index (χ3n) is 3.90. The van der Waals surface area contributed by atoms with E-state index in [4.69, 9.17) is 0 Å². The summed E-state index contributed by atoms with van der Waals surface area (Å²) < 4.78 is 26.0. The first-order valence-electron chi connectivity index (χ1n) is 6.64. The summed E-state index contributed by atoms with van der Waals surface area (Å²) in [7, 11) is 0. The Bertz CT molecular complexity index is 510. The predicted octanol–water partition coefficient (Wildman–Crippen LogP) is 1.47. The summed E-state index contributed by atoms with van der Waals surface area (Å²) in [5.74, 6) is -0.287. The molecule has 0 spiro atoms. The number of nitrogens with zero attached hydrogens (tertiary/aromatic N) is 2. The first-order valence-corrected chi connectivity index (χ1v) is 6.64. The highest BCUT2D eigenvalue weighted by Gasteiger charge is 2.34. The zero-order valence-corrected chi connectivity index (χ0v) is 11.6. The van der Waals surface area contributed by atoms with E-state index in [2.05, 4.69) is 10.4 Å². The number of nitrogens with one attached hydrogen (secondary N) is 1. The number of rotatable bonds is 5. The standard InChI is InChI=1S/C13H19F2N3O2/c1-8-10(9(2)18(17-8)12(14)15)6-11(19)16-7-13(20)4-3-5-13/h12,20H,3-7H2,1-2H3,(H,16,19). The molecule has 1 aromatic heterocycles. The van der Waals surface area contributed by atoms with E-state index in [0.29, 0.717) is 34.5 Å². The molecule has 112 valence electrons. The first-order chi connectivity index (χ1) is 9.32. The van der Waals surface area contributed by atoms with Crippen molar-refractivity contribution in [1.82, 2.24) is 15.1 Å². The van der Waals surface area contributed by atoms with Gasteiger partial charge in [-0.15, -0.1) is 0 Å². The third-order valence-corrected chi connectivity index (χ3v) is 3.90. The molecule has 0 bridgehead atoms. The number of alkyl halides is 2. The van der Waals surface area contributed by atoms with Gasteiger partial charge in [0.15, 0.2) is 0 Å². The van der Waals surface area contributed by atoms with Crippen LogP contribution in [0.15, 0.2) is 0 Å². The fraction of sp³-hybridized carbons (Fsp3) is 0.692. The Hall–Kier alpha value is -1.50. The molecule has 1 fully saturated rings. The number of hydrogen-bond acceptors (Lipinski definition) is 3. The van der Waals surface area contributed by atoms with Crippen LogP contribution in [0.2, 0.25) is 0 Å². The van der Waals surface area contributed by atoms with Gasteiger partial charge in [0.25, 0.3) is 0 Å². The van der Waals surface area contributed by atoms with Crippen LogP contribution in [0.1, 0.15) is 42.8 Å². The summed E-state index contributed by atoms with van der Waals surface area (Å²) >= 11 is 0. The van der Waals surface area contributed by atoms with Crippen LogP contribution in [0.5, 0.6) is 0 Å². The molecule has 0 saturated heterocycles. The number of halogens is 2. The van der Waals surface area contributed by atoms with Crippen LogP contribution in [0.25, 0.3) is 0 Å². The molecule has 1 amide bonds. The molecule has 1 saturated carbocycles. The molecule has 1 aromatic rings. The normalized spacial score (nSPS) is 17.1. The topological polar surface area (TPSA) is 67.2 Å². The smallest absolute Gasteiger partial charge is 0.333 e. The second-order valence-electron chi connectivity index (χ2n) is 5.40. The van der Waals surface area contributed by atoms with Gasteiger partial charge < -0.3 is 10.4 Å². The van der Waals surface area contributed by atoms with Gasteiger partial charge in [-0.2, -0.15) is 13.9 Å². The van der Waals surface area contributed by atoms with E-state index < -0.39 is 12.2 Å². The number of aliphatic hydroxyl groups is 1. The fourth-order valence-electron chi connectivity index (χ4n) is 2.39. The largest absolute Gasteiger partial charge is 0.388 e. The first kappa shape index (κ1) is 14.9. The average Bonchev–Trinajstić information content (AvgIpc) is 2.62. The molecular formula is C13H19F2N3O2. The van der Waals surface area contributed by atoms with Crippen molar-refractivity contribution < 1.29 is 18.7 Å². The summed E-state index contributed by atoms with van der Waals surface area (Å²) in [5.41, 5.74) is 0.464. The van der Waals surface area contributed by atoms with Crippen LogP contribution in [-0.2, 0) is 11.2 Å². The summed E-state index contributed by atoms with van der Waals surface area (Å²) in [6, 6.07) is 0. The molecule has 0 unspecified atom stereocenters. The minimum absolute atomic E-state index is 0.000463. The molecular weight excluding hydrogens is 268 g/mol. The van der Waals surface area contributed by atoms with Crippen LogP contribution in [0.4, 0.5) is 8.78 Å². The second kappa shape index (κ2) is 5.47. The second-order valence-corrected chi connectivity index (χ2v) is 5.40. The maximum absolute atomic E-state index is 12.7. The Morgan fingerprint density at radius 3 is 2.60 bits per heavy atom. The molecule has 2 N–H and O–H groups in total. The van der Waals surface area contributed by atoms with Gasteiger partial charge in [-0.3, -0.25) is 4.79 Å². The minimum atomic E-state index is -2.71. The fourth-order valence-corrected chi connectivity index (χ4v) is 2.39. The van der Waals surface area contributed by atoms with Crippen molar-refractivity contribution in [2.45, 2.75) is 51.7 Å². The van der Waals surface area contributed by atoms with Crippen LogP contribution >= 0.6 is 0 Å². The highest BCUT2D eigenvalue weighted by molar-refractivity contribution is 5.79. The number of amides is 1. The van der Waals surface area contributed by atoms with E-state index in [0.717, 1.165) is 6.42 Å². The van der Waals surface area contributed by atoms with Gasteiger partial charge in [0.05, 0.1) is 17.7 Å². The summed E-state index contributed by atoms with van der Waals surface area (Å²) in [5, 5.41) is 16.3. The third kappa shape index (κ3) is 2.98. The number of aromatic nitrogens is 2. The molecule has 1 aliphatic rings. The van der Waals surface area contributed by atoms with Crippen LogP contribution in [0.3, 0.4) is 0 Å². The van der Waals surface area contributed by atoms with Crippen molar-refractivity contribution >= 4 is 5.91 Å². The van der Waals surface area contributed by atoms with Gasteiger partial charge in [0.2, 0.25) is 5.91 Å². The van der Waals surface area contributed by atoms with E-state index in [1.807, 2.05) is 0 Å². The molecule has 1 heterocycles. The van der Waals surface area contributed by atoms with Gasteiger partial charge >= 0.3 is 6.55 Å². The zero-order chi connectivity index (χ0) is 14.9. The molecule has 0 radical (unpaired) electrons. The molecule has 0 aromatic carbocycles. The summed E-state index contributed by atoms with van der Waals surface area (Å²) in [6.07, 6.45) is 2.34. The monoisotopic (exact) mass is 287 g/mol. The number of carbonyl (C=O) groups excluding carboxylic acids is 1. The SMILES string of the molecule is Cc1nn(C(F)F)c(C)c1CC(=O)NCC1(O)CCC1. The van der Waals surface area contributed by atoms with Crippen molar-refractivity contribution in [1.29, 1.82) is 0 Å². The van der Waals surface area contributed by atoms with Crippen molar-refractivity contribution in [2.75, 3.05) is 6.54 Å². The summed E-state index contributed by atoms with van der Waals surface area (Å²) in [6.45, 7) is 0.635. The maximum Gasteiger partial charge on any atom is 0.333 e. The molecule has 0 atom stereocenters. The van der Waals surface area contributed by atoms with Crippen LogP contribution in [0, 0.1) is 13.8 Å². The van der Waals surface area contributed by atoms with Crippen molar-refractivity contribution in [2.24, 2.45) is 0 Å². The lowest BCUT2D eigenvalue weighted by molar-refractivity contribution is -0.122. The molecule has 1 aliphatic carbocycles. The summed E-state index contributed by atoms with van der Waals surface area (Å²) in [4.78, 5) is 11.8. The van der Waals surface area contributed by atoms with Gasteiger partial charge in [-0.25, -0.2) is 4.68 Å². The lowest BCUT2D eigenvalue weighted by Crippen LogP contribution is -2.48. The van der Waals surface area contributed by atoms with E-state index in [9.17, 15) is 18.7 Å². The van der Waals surface area contributed by atoms with E-state index in [1.54, 1.807) is 6.92 Å². The molecule has 5 nitrogen and oxygen atoms in total. The highest BCUT2D eigenvalue weighted by atomic mass is 19.3. The Labute approximate surface area is 116 Å². The Morgan fingerprint density at radius 2 is 2.15 bits per heavy atom. The van der Waals surface area contributed by atoms with Gasteiger partial charge in [-0.1, -0.05) is 0 Å². The number of hydrogen-bond donors (Lipinski definition) is 2. The Balaban J connectivity index is 1.97. The molecule has 7 heteroatoms. The van der Waals surface area contributed by atoms with E-state index in [-0.39, 0.29) is 18.9 Å². The van der Waals surface area contributed by atoms with E-state index in [1.165, 1.54) is 6.92 Å². The molecule has 20 heavy (non-hydrogen) atoms. The van der Waals surface area contributed by atoms with Crippen molar-refractivity contribution in [3.63, 3.8) is 0 Å². The Kier molecular flexibility index (Phi) is 4.08. The van der Waals surface area contributed by atoms with Crippen LogP contribution in [-0.4, -0.2) is 32.9 Å². The number of carbonyl (C=O) groups is 1.